The van der Waals surface area contributed by atoms with E-state index < -0.39 is 40.4 Å². The van der Waals surface area contributed by atoms with Crippen LogP contribution in [-0.4, -0.2) is 76.1 Å². The number of imidazole rings is 1. The molecule has 0 radical (unpaired) electrons. The molecule has 17 heteroatoms. The zero-order valence-corrected chi connectivity index (χ0v) is 33.0. The Morgan fingerprint density at radius 2 is 1.68 bits per heavy atom. The number of amides is 3. The third-order valence-corrected chi connectivity index (χ3v) is 13.0. The molecule has 9 rings (SSSR count). The molecule has 0 aliphatic carbocycles. The largest absolute Gasteiger partial charge is 0.487 e. The predicted molar refractivity (Wildman–Crippen MR) is 217 cm³/mol. The van der Waals surface area contributed by atoms with Crippen LogP contribution in [0.3, 0.4) is 0 Å². The van der Waals surface area contributed by atoms with Crippen LogP contribution in [0.1, 0.15) is 48.8 Å². The summed E-state index contributed by atoms with van der Waals surface area (Å²) in [6, 6.07) is 21.3. The van der Waals surface area contributed by atoms with Crippen molar-refractivity contribution in [2.75, 3.05) is 30.5 Å². The van der Waals surface area contributed by atoms with Crippen LogP contribution in [0.15, 0.2) is 90.0 Å². The minimum Gasteiger partial charge on any atom is -0.487 e. The Morgan fingerprint density at radius 1 is 0.881 bits per heavy atom. The highest BCUT2D eigenvalue weighted by Gasteiger charge is 2.38. The van der Waals surface area contributed by atoms with Crippen LogP contribution in [0, 0.1) is 5.82 Å². The van der Waals surface area contributed by atoms with Gasteiger partial charge < -0.3 is 9.64 Å². The number of ether oxygens (including phenoxy) is 1. The van der Waals surface area contributed by atoms with Crippen LogP contribution < -0.4 is 24.8 Å². The van der Waals surface area contributed by atoms with Crippen LogP contribution in [0.25, 0.3) is 32.9 Å². The Balaban J connectivity index is 0.871. The van der Waals surface area contributed by atoms with E-state index in [1.807, 2.05) is 64.1 Å². The van der Waals surface area contributed by atoms with E-state index >= 15 is 4.39 Å². The molecule has 3 fully saturated rings. The summed E-state index contributed by atoms with van der Waals surface area (Å²) in [7, 11) is -2.60. The molecule has 2 N–H and O–H groups in total. The molecule has 1 unspecified atom stereocenters. The highest BCUT2D eigenvalue weighted by molar-refractivity contribution is 7.92. The molecule has 0 spiro atoms. The summed E-state index contributed by atoms with van der Waals surface area (Å²) >= 11 is 0. The lowest BCUT2D eigenvalue weighted by Gasteiger charge is -2.32. The number of rotatable bonds is 10. The van der Waals surface area contributed by atoms with Crippen molar-refractivity contribution in [2.45, 2.75) is 50.8 Å². The Hall–Kier alpha value is -6.33. The summed E-state index contributed by atoms with van der Waals surface area (Å²) in [5, 5.41) is 7.63. The van der Waals surface area contributed by atoms with Crippen LogP contribution in [-0.2, 0) is 44.8 Å². The van der Waals surface area contributed by atoms with Gasteiger partial charge in [-0.15, -0.1) is 0 Å². The van der Waals surface area contributed by atoms with Gasteiger partial charge in [0.05, 0.1) is 23.8 Å². The summed E-state index contributed by atoms with van der Waals surface area (Å²) in [5.41, 5.74) is 4.41. The van der Waals surface area contributed by atoms with Crippen molar-refractivity contribution in [3.05, 3.63) is 113 Å². The molecule has 304 valence electrons. The van der Waals surface area contributed by atoms with E-state index in [-0.39, 0.29) is 41.4 Å². The maximum Gasteiger partial charge on any atom is 0.329 e. The molecule has 59 heavy (non-hydrogen) atoms. The van der Waals surface area contributed by atoms with Gasteiger partial charge in [-0.05, 0) is 84.6 Å². The summed E-state index contributed by atoms with van der Waals surface area (Å²) < 4.78 is 55.5. The highest BCUT2D eigenvalue weighted by Crippen LogP contribution is 2.41. The van der Waals surface area contributed by atoms with Gasteiger partial charge in [0.25, 0.3) is 5.91 Å². The molecule has 3 aliphatic heterocycles. The molecule has 0 saturated carbocycles. The lowest BCUT2D eigenvalue weighted by molar-refractivity contribution is -0.135. The quantitative estimate of drug-likeness (QED) is 0.193. The minimum absolute atomic E-state index is 0.00872. The van der Waals surface area contributed by atoms with E-state index in [4.69, 9.17) is 4.74 Å². The van der Waals surface area contributed by atoms with Gasteiger partial charge in [0.1, 0.15) is 30.6 Å². The Labute approximate surface area is 338 Å². The Bertz CT molecular complexity index is 2830. The second-order valence-corrected chi connectivity index (χ2v) is 16.9. The van der Waals surface area contributed by atoms with Crippen LogP contribution >= 0.6 is 0 Å². The van der Waals surface area contributed by atoms with Gasteiger partial charge in [-0.25, -0.2) is 18.2 Å². The summed E-state index contributed by atoms with van der Waals surface area (Å²) in [6.45, 7) is 2.73. The second kappa shape index (κ2) is 15.1. The number of benzene rings is 4. The van der Waals surface area contributed by atoms with Crippen molar-refractivity contribution in [3.63, 3.8) is 0 Å². The van der Waals surface area contributed by atoms with Crippen molar-refractivity contribution >= 4 is 55.4 Å². The topological polar surface area (TPSA) is 170 Å². The average Bonchev–Trinajstić information content (AvgIpc) is 3.89. The molecule has 4 aromatic carbocycles. The fraction of sp³-hybridized carbons (Fsp3) is 0.310. The van der Waals surface area contributed by atoms with E-state index in [1.165, 1.54) is 4.57 Å². The zero-order valence-electron chi connectivity index (χ0n) is 32.1. The first-order valence-corrected chi connectivity index (χ1v) is 20.9. The van der Waals surface area contributed by atoms with Gasteiger partial charge in [0, 0.05) is 37.2 Å². The van der Waals surface area contributed by atoms with Gasteiger partial charge in [-0.2, -0.15) is 13.5 Å². The van der Waals surface area contributed by atoms with Gasteiger partial charge in [-0.1, -0.05) is 48.5 Å². The molecular formula is C42H41FN8O7S. The summed E-state index contributed by atoms with van der Waals surface area (Å²) in [6.07, 6.45) is 6.08. The smallest absolute Gasteiger partial charge is 0.329 e. The molecule has 0 bridgehead atoms. The number of imide groups is 1. The lowest BCUT2D eigenvalue weighted by Crippen LogP contribution is -2.44. The minimum atomic E-state index is -4.31. The van der Waals surface area contributed by atoms with E-state index in [0.29, 0.717) is 34.1 Å². The van der Waals surface area contributed by atoms with Crippen molar-refractivity contribution in [2.24, 2.45) is 7.05 Å². The number of hydrogen-bond donors (Lipinski definition) is 2. The molecule has 3 aliphatic rings. The number of aromatic nitrogens is 4. The fourth-order valence-corrected chi connectivity index (χ4v) is 9.62. The third kappa shape index (κ3) is 7.24. The molecule has 6 aromatic rings. The van der Waals surface area contributed by atoms with Crippen molar-refractivity contribution in [1.29, 1.82) is 0 Å². The number of anilines is 1. The van der Waals surface area contributed by atoms with Crippen molar-refractivity contribution in [3.8, 4) is 16.9 Å². The third-order valence-electron chi connectivity index (χ3n) is 11.6. The zero-order chi connectivity index (χ0) is 41.0. The normalized spacial score (nSPS) is 18.8. The standard InChI is InChI=1S/C42H41FN8O7S/c1-47-35-20-29(8-10-33(35)51(42(47)55)34-11-12-37(52)45-41(34)54)27-13-15-48(16-14-27)17-18-49-23-31(22-44-49)28-7-9-32-30(19-28)21-36(58-25-26-5-3-2-4-6-26)40(39(32)43)50-24-38(53)46-59(50,56)57/h2-10,19-23,27,34H,11-18,24-25H2,1H3,(H,46,53)(H,45,52,54). The molecule has 3 saturated heterocycles. The second-order valence-electron chi connectivity index (χ2n) is 15.3. The Morgan fingerprint density at radius 3 is 2.42 bits per heavy atom. The number of piperidine rings is 2. The summed E-state index contributed by atoms with van der Waals surface area (Å²) in [4.78, 5) is 52.0. The van der Waals surface area contributed by atoms with Crippen LogP contribution in [0.2, 0.25) is 0 Å². The first kappa shape index (κ1) is 38.2. The SMILES string of the molecule is Cn1c(=O)n(C2CCC(=O)NC2=O)c2ccc(C3CCN(CCn4cc(-c5ccc6c(F)c(N7CC(=O)NS7(=O)=O)c(OCc7ccccc7)cc6c5)cn4)CC3)cc21. The first-order valence-electron chi connectivity index (χ1n) is 19.5. The highest BCUT2D eigenvalue weighted by atomic mass is 32.2. The van der Waals surface area contributed by atoms with Crippen LogP contribution in [0.5, 0.6) is 5.75 Å². The number of carbonyl (C=O) groups is 3. The monoisotopic (exact) mass is 820 g/mol. The van der Waals surface area contributed by atoms with E-state index in [9.17, 15) is 27.6 Å². The molecular weight excluding hydrogens is 780 g/mol. The maximum atomic E-state index is 16.3. The first-order chi connectivity index (χ1) is 28.4. The van der Waals surface area contributed by atoms with E-state index in [2.05, 4.69) is 21.4 Å². The van der Waals surface area contributed by atoms with Gasteiger partial charge >= 0.3 is 15.9 Å². The van der Waals surface area contributed by atoms with Crippen molar-refractivity contribution in [1.82, 2.24) is 33.9 Å². The maximum absolute atomic E-state index is 16.3. The number of hydrogen-bond acceptors (Lipinski definition) is 9. The number of carbonyl (C=O) groups excluding carboxylic acids is 3. The molecule has 5 heterocycles. The number of halogens is 1. The predicted octanol–water partition coefficient (Wildman–Crippen LogP) is 4.11. The van der Waals surface area contributed by atoms with Crippen molar-refractivity contribution < 1.29 is 31.9 Å². The molecule has 2 aromatic heterocycles. The average molecular weight is 821 g/mol. The lowest BCUT2D eigenvalue weighted by atomic mass is 9.89. The number of nitrogens with one attached hydrogen (secondary N) is 2. The van der Waals surface area contributed by atoms with Crippen LogP contribution in [0.4, 0.5) is 10.1 Å². The number of fused-ring (bicyclic) bond motifs is 2. The molecule has 1 atom stereocenters. The van der Waals surface area contributed by atoms with E-state index in [1.54, 1.807) is 36.0 Å². The molecule has 3 amide bonds. The molecule has 15 nitrogen and oxygen atoms in total. The van der Waals surface area contributed by atoms with Gasteiger partial charge in [0.2, 0.25) is 11.8 Å². The number of likely N-dealkylation sites (tertiary alicyclic amines) is 1. The fourth-order valence-electron chi connectivity index (χ4n) is 8.46. The number of nitrogens with zero attached hydrogens (tertiary/aromatic N) is 6. The Kier molecular flexibility index (Phi) is 9.79. The number of aryl methyl sites for hydroxylation is 1. The van der Waals surface area contributed by atoms with Gasteiger partial charge in [0.15, 0.2) is 5.82 Å². The van der Waals surface area contributed by atoms with E-state index in [0.717, 1.165) is 60.2 Å². The summed E-state index contributed by atoms with van der Waals surface area (Å²) in [5.74, 6) is -2.03. The van der Waals surface area contributed by atoms with Gasteiger partial charge in [-0.3, -0.25) is 33.5 Å².